The van der Waals surface area contributed by atoms with Crippen LogP contribution in [0.1, 0.15) is 17.4 Å². The second-order valence-electron chi connectivity index (χ2n) is 4.39. The number of hydrogen-bond acceptors (Lipinski definition) is 5. The molecular formula is C13H9FN4O3S. The first kappa shape index (κ1) is 14.1. The van der Waals surface area contributed by atoms with Crippen LogP contribution in [0.25, 0.3) is 16.0 Å². The van der Waals surface area contributed by atoms with Gasteiger partial charge in [-0.25, -0.2) is 13.9 Å². The standard InChI is InChI=1S/C13H9FN4O3S/c1-6(19)15-13-16-11-10(22-13)9(12(20)21)17-18(11)8-4-2-7(14)3-5-8/h2-5H,1H3,(H,20,21)(H,15,16,19). The predicted octanol–water partition coefficient (Wildman–Crippen LogP) is 2.28. The van der Waals surface area contributed by atoms with Crippen molar-refractivity contribution < 1.29 is 19.1 Å². The number of fused-ring (bicyclic) bond motifs is 1. The molecule has 0 saturated heterocycles. The largest absolute Gasteiger partial charge is 0.476 e. The van der Waals surface area contributed by atoms with Crippen molar-refractivity contribution in [3.8, 4) is 5.69 Å². The number of aromatic nitrogens is 3. The summed E-state index contributed by atoms with van der Waals surface area (Å²) >= 11 is 1.02. The molecule has 0 unspecified atom stereocenters. The van der Waals surface area contributed by atoms with Crippen LogP contribution < -0.4 is 5.32 Å². The SMILES string of the molecule is CC(=O)Nc1nc2c(s1)c(C(=O)O)nn2-c1ccc(F)cc1. The number of amides is 1. The topological polar surface area (TPSA) is 97.1 Å². The Balaban J connectivity index is 2.20. The molecule has 1 amide bonds. The van der Waals surface area contributed by atoms with Crippen LogP contribution in [0.2, 0.25) is 0 Å². The lowest BCUT2D eigenvalue weighted by atomic mass is 10.3. The fourth-order valence-corrected chi connectivity index (χ4v) is 2.88. The molecule has 22 heavy (non-hydrogen) atoms. The van der Waals surface area contributed by atoms with E-state index in [1.807, 2.05) is 0 Å². The second kappa shape index (κ2) is 5.19. The molecule has 7 nitrogen and oxygen atoms in total. The van der Waals surface area contributed by atoms with Gasteiger partial charge in [0.05, 0.1) is 5.69 Å². The number of thiazole rings is 1. The maximum atomic E-state index is 13.0. The first-order valence-electron chi connectivity index (χ1n) is 6.12. The molecule has 2 aromatic heterocycles. The Morgan fingerprint density at radius 2 is 2.00 bits per heavy atom. The van der Waals surface area contributed by atoms with Gasteiger partial charge in [0, 0.05) is 6.92 Å². The Kier molecular flexibility index (Phi) is 3.33. The minimum Gasteiger partial charge on any atom is -0.476 e. The average Bonchev–Trinajstić information content (AvgIpc) is 2.97. The number of anilines is 1. The number of nitrogens with one attached hydrogen (secondary N) is 1. The molecule has 0 radical (unpaired) electrons. The first-order valence-corrected chi connectivity index (χ1v) is 6.93. The van der Waals surface area contributed by atoms with E-state index < -0.39 is 11.8 Å². The van der Waals surface area contributed by atoms with Gasteiger partial charge in [0.25, 0.3) is 0 Å². The monoisotopic (exact) mass is 320 g/mol. The van der Waals surface area contributed by atoms with Crippen LogP contribution in [-0.2, 0) is 4.79 Å². The molecule has 0 bridgehead atoms. The summed E-state index contributed by atoms with van der Waals surface area (Å²) in [7, 11) is 0. The third-order valence-corrected chi connectivity index (χ3v) is 3.75. The molecule has 3 aromatic rings. The van der Waals surface area contributed by atoms with E-state index in [2.05, 4.69) is 15.4 Å². The van der Waals surface area contributed by atoms with Gasteiger partial charge in [0.2, 0.25) is 5.91 Å². The third-order valence-electron chi connectivity index (χ3n) is 2.78. The lowest BCUT2D eigenvalue weighted by molar-refractivity contribution is -0.114. The molecule has 3 rings (SSSR count). The Morgan fingerprint density at radius 3 is 2.59 bits per heavy atom. The molecule has 0 aliphatic rings. The molecule has 0 aliphatic carbocycles. The number of hydrogen-bond donors (Lipinski definition) is 2. The van der Waals surface area contributed by atoms with Crippen LogP contribution in [0.5, 0.6) is 0 Å². The van der Waals surface area contributed by atoms with Gasteiger partial charge in [-0.3, -0.25) is 4.79 Å². The van der Waals surface area contributed by atoms with E-state index in [4.69, 9.17) is 0 Å². The molecule has 9 heteroatoms. The van der Waals surface area contributed by atoms with Gasteiger partial charge in [-0.2, -0.15) is 10.1 Å². The lowest BCUT2D eigenvalue weighted by Crippen LogP contribution is -2.06. The summed E-state index contributed by atoms with van der Waals surface area (Å²) in [6.07, 6.45) is 0. The molecule has 0 fully saturated rings. The van der Waals surface area contributed by atoms with Gasteiger partial charge in [-0.1, -0.05) is 11.3 Å². The average molecular weight is 320 g/mol. The van der Waals surface area contributed by atoms with Crippen molar-refractivity contribution in [1.82, 2.24) is 14.8 Å². The van der Waals surface area contributed by atoms with Crippen molar-refractivity contribution in [1.29, 1.82) is 0 Å². The Labute approximate surface area is 127 Å². The lowest BCUT2D eigenvalue weighted by Gasteiger charge is -2.01. The van der Waals surface area contributed by atoms with Crippen molar-refractivity contribution >= 4 is 38.7 Å². The molecule has 2 N–H and O–H groups in total. The van der Waals surface area contributed by atoms with Crippen LogP contribution >= 0.6 is 11.3 Å². The van der Waals surface area contributed by atoms with Crippen LogP contribution in [0, 0.1) is 5.82 Å². The summed E-state index contributed by atoms with van der Waals surface area (Å²) in [4.78, 5) is 26.6. The highest BCUT2D eigenvalue weighted by atomic mass is 32.1. The Hall–Kier alpha value is -2.81. The molecule has 1 aromatic carbocycles. The number of benzene rings is 1. The van der Waals surface area contributed by atoms with Crippen molar-refractivity contribution in [2.45, 2.75) is 6.92 Å². The van der Waals surface area contributed by atoms with E-state index in [1.54, 1.807) is 0 Å². The van der Waals surface area contributed by atoms with Gasteiger partial charge in [-0.05, 0) is 24.3 Å². The van der Waals surface area contributed by atoms with E-state index in [0.29, 0.717) is 10.4 Å². The maximum absolute atomic E-state index is 13.0. The van der Waals surface area contributed by atoms with Gasteiger partial charge < -0.3 is 10.4 Å². The van der Waals surface area contributed by atoms with Crippen LogP contribution in [0.4, 0.5) is 9.52 Å². The smallest absolute Gasteiger partial charge is 0.358 e. The molecular weight excluding hydrogens is 311 g/mol. The highest BCUT2D eigenvalue weighted by Crippen LogP contribution is 2.30. The highest BCUT2D eigenvalue weighted by Gasteiger charge is 2.22. The molecule has 0 saturated carbocycles. The normalized spacial score (nSPS) is 10.8. The predicted molar refractivity (Wildman–Crippen MR) is 78.0 cm³/mol. The maximum Gasteiger partial charge on any atom is 0.358 e. The zero-order chi connectivity index (χ0) is 15.9. The van der Waals surface area contributed by atoms with Crippen molar-refractivity contribution in [2.75, 3.05) is 5.32 Å². The summed E-state index contributed by atoms with van der Waals surface area (Å²) in [5.74, 6) is -1.93. The number of carboxylic acid groups (broad SMARTS) is 1. The number of halogens is 1. The Bertz CT molecular complexity index is 885. The number of carbonyl (C=O) groups excluding carboxylic acids is 1. The van der Waals surface area contributed by atoms with Gasteiger partial charge in [0.1, 0.15) is 10.5 Å². The van der Waals surface area contributed by atoms with Crippen LogP contribution in [0.3, 0.4) is 0 Å². The summed E-state index contributed by atoms with van der Waals surface area (Å²) in [6.45, 7) is 1.33. The molecule has 0 aliphatic heterocycles. The number of carbonyl (C=O) groups is 2. The van der Waals surface area contributed by atoms with Gasteiger partial charge >= 0.3 is 5.97 Å². The number of nitrogens with zero attached hydrogens (tertiary/aromatic N) is 3. The number of carboxylic acids is 1. The summed E-state index contributed by atoms with van der Waals surface area (Å²) in [6, 6.07) is 5.41. The van der Waals surface area contributed by atoms with E-state index in [0.717, 1.165) is 11.3 Å². The Morgan fingerprint density at radius 1 is 1.32 bits per heavy atom. The highest BCUT2D eigenvalue weighted by molar-refractivity contribution is 7.22. The van der Waals surface area contributed by atoms with Crippen LogP contribution in [-0.4, -0.2) is 31.7 Å². The van der Waals surface area contributed by atoms with Crippen molar-refractivity contribution in [3.05, 3.63) is 35.8 Å². The number of rotatable bonds is 3. The fraction of sp³-hybridized carbons (Fsp3) is 0.0769. The third kappa shape index (κ3) is 2.42. The van der Waals surface area contributed by atoms with E-state index in [-0.39, 0.29) is 22.4 Å². The first-order chi connectivity index (χ1) is 10.5. The zero-order valence-corrected chi connectivity index (χ0v) is 12.0. The molecule has 112 valence electrons. The quantitative estimate of drug-likeness (QED) is 0.771. The molecule has 0 spiro atoms. The van der Waals surface area contributed by atoms with Crippen molar-refractivity contribution in [2.24, 2.45) is 0 Å². The summed E-state index contributed by atoms with van der Waals surface area (Å²) < 4.78 is 14.7. The minimum absolute atomic E-state index is 0.173. The van der Waals surface area contributed by atoms with E-state index in [9.17, 15) is 19.1 Å². The molecule has 0 atom stereocenters. The number of aromatic carboxylic acids is 1. The molecule has 2 heterocycles. The summed E-state index contributed by atoms with van der Waals surface area (Å²) in [5, 5.41) is 16.0. The second-order valence-corrected chi connectivity index (χ2v) is 5.39. The summed E-state index contributed by atoms with van der Waals surface area (Å²) in [5.41, 5.74) is 0.588. The van der Waals surface area contributed by atoms with Gasteiger partial charge in [0.15, 0.2) is 16.5 Å². The fourth-order valence-electron chi connectivity index (χ4n) is 1.91. The zero-order valence-electron chi connectivity index (χ0n) is 11.2. The van der Waals surface area contributed by atoms with Crippen LogP contribution in [0.15, 0.2) is 24.3 Å². The van der Waals surface area contributed by atoms with Gasteiger partial charge in [-0.15, -0.1) is 0 Å². The van der Waals surface area contributed by atoms with E-state index >= 15 is 0 Å². The van der Waals surface area contributed by atoms with Crippen molar-refractivity contribution in [3.63, 3.8) is 0 Å². The minimum atomic E-state index is -1.20. The van der Waals surface area contributed by atoms with E-state index in [1.165, 1.54) is 35.9 Å².